The quantitative estimate of drug-likeness (QED) is 0.886. The van der Waals surface area contributed by atoms with Gasteiger partial charge in [0.15, 0.2) is 5.82 Å². The zero-order chi connectivity index (χ0) is 17.4. The van der Waals surface area contributed by atoms with Crippen molar-refractivity contribution in [2.45, 2.75) is 63.3 Å². The molecular weight excluding hydrogens is 326 g/mol. The van der Waals surface area contributed by atoms with E-state index >= 15 is 0 Å². The van der Waals surface area contributed by atoms with Crippen molar-refractivity contribution in [2.75, 3.05) is 11.9 Å². The van der Waals surface area contributed by atoms with Crippen LogP contribution in [-0.4, -0.2) is 33.2 Å². The molecule has 1 spiro atoms. The minimum atomic E-state index is 0.109. The summed E-state index contributed by atoms with van der Waals surface area (Å²) in [7, 11) is 0. The molecule has 2 aliphatic heterocycles. The molecule has 1 atom stereocenters. The van der Waals surface area contributed by atoms with Crippen molar-refractivity contribution in [2.24, 2.45) is 0 Å². The maximum atomic E-state index is 6.27. The van der Waals surface area contributed by atoms with Gasteiger partial charge in [0.2, 0.25) is 0 Å². The fraction of sp³-hybridized carbons (Fsp3) is 0.550. The van der Waals surface area contributed by atoms with Crippen LogP contribution in [0.15, 0.2) is 24.5 Å². The van der Waals surface area contributed by atoms with Crippen LogP contribution in [0.3, 0.4) is 0 Å². The highest BCUT2D eigenvalue weighted by Gasteiger charge is 2.41. The predicted octanol–water partition coefficient (Wildman–Crippen LogP) is 3.05. The van der Waals surface area contributed by atoms with Gasteiger partial charge in [0.05, 0.1) is 23.9 Å². The summed E-state index contributed by atoms with van der Waals surface area (Å²) in [6.45, 7) is 2.40. The van der Waals surface area contributed by atoms with Crippen molar-refractivity contribution in [3.05, 3.63) is 35.8 Å². The minimum absolute atomic E-state index is 0.109. The van der Waals surface area contributed by atoms with Crippen LogP contribution < -0.4 is 10.6 Å². The van der Waals surface area contributed by atoms with Crippen LogP contribution >= 0.6 is 0 Å². The first-order chi connectivity index (χ1) is 12.8. The van der Waals surface area contributed by atoms with Gasteiger partial charge in [-0.15, -0.1) is 0 Å². The number of hydrogen-bond acceptors (Lipinski definition) is 6. The van der Waals surface area contributed by atoms with Crippen molar-refractivity contribution in [1.82, 2.24) is 20.3 Å². The second-order valence-electron chi connectivity index (χ2n) is 7.76. The van der Waals surface area contributed by atoms with Crippen molar-refractivity contribution in [3.63, 3.8) is 0 Å². The van der Waals surface area contributed by atoms with Crippen LogP contribution in [0, 0.1) is 0 Å². The summed E-state index contributed by atoms with van der Waals surface area (Å²) in [5.74, 6) is 1.73. The molecule has 6 nitrogen and oxygen atoms in total. The average molecular weight is 351 g/mol. The molecule has 5 rings (SSSR count). The van der Waals surface area contributed by atoms with Gasteiger partial charge in [-0.3, -0.25) is 4.98 Å². The summed E-state index contributed by atoms with van der Waals surface area (Å²) in [4.78, 5) is 13.7. The van der Waals surface area contributed by atoms with Gasteiger partial charge in [-0.1, -0.05) is 19.3 Å². The highest BCUT2D eigenvalue weighted by Crippen LogP contribution is 2.40. The van der Waals surface area contributed by atoms with Crippen LogP contribution in [0.25, 0.3) is 11.4 Å². The molecule has 0 unspecified atom stereocenters. The number of rotatable bonds is 3. The third-order valence-corrected chi connectivity index (χ3v) is 5.94. The molecule has 4 heterocycles. The van der Waals surface area contributed by atoms with Crippen LogP contribution in [0.2, 0.25) is 0 Å². The highest BCUT2D eigenvalue weighted by atomic mass is 16.5. The Morgan fingerprint density at radius 2 is 1.92 bits per heavy atom. The number of ether oxygens (including phenoxy) is 1. The fourth-order valence-corrected chi connectivity index (χ4v) is 4.59. The molecule has 3 aliphatic rings. The summed E-state index contributed by atoms with van der Waals surface area (Å²) in [6, 6.07) is 4.26. The molecule has 2 aromatic rings. The SMILES string of the molecule is c1cc(-c2nc3c(c(N[C@H]4COC5(CCCCC5)C4)n2)CNC3)ccn1. The van der Waals surface area contributed by atoms with Gasteiger partial charge in [0.1, 0.15) is 5.82 Å². The monoisotopic (exact) mass is 351 g/mol. The molecular formula is C20H25N5O. The minimum Gasteiger partial charge on any atom is -0.373 e. The third-order valence-electron chi connectivity index (χ3n) is 5.94. The van der Waals surface area contributed by atoms with Crippen molar-refractivity contribution in [1.29, 1.82) is 0 Å². The molecule has 1 saturated heterocycles. The maximum Gasteiger partial charge on any atom is 0.161 e. The Morgan fingerprint density at radius 3 is 2.77 bits per heavy atom. The second-order valence-corrected chi connectivity index (χ2v) is 7.76. The number of aromatic nitrogens is 3. The van der Waals surface area contributed by atoms with E-state index in [4.69, 9.17) is 14.7 Å². The van der Waals surface area contributed by atoms with Crippen molar-refractivity contribution < 1.29 is 4.74 Å². The molecule has 2 fully saturated rings. The first-order valence-corrected chi connectivity index (χ1v) is 9.73. The molecule has 0 aromatic carbocycles. The van der Waals surface area contributed by atoms with E-state index in [0.29, 0.717) is 6.04 Å². The van der Waals surface area contributed by atoms with Gasteiger partial charge in [-0.25, -0.2) is 9.97 Å². The fourth-order valence-electron chi connectivity index (χ4n) is 4.59. The van der Waals surface area contributed by atoms with Crippen LogP contribution in [0.5, 0.6) is 0 Å². The predicted molar refractivity (Wildman–Crippen MR) is 99.6 cm³/mol. The summed E-state index contributed by atoms with van der Waals surface area (Å²) < 4.78 is 6.27. The largest absolute Gasteiger partial charge is 0.373 e. The third kappa shape index (κ3) is 2.97. The summed E-state index contributed by atoms with van der Waals surface area (Å²) in [5, 5.41) is 7.09. The number of fused-ring (bicyclic) bond motifs is 1. The van der Waals surface area contributed by atoms with E-state index < -0.39 is 0 Å². The maximum absolute atomic E-state index is 6.27. The lowest BCUT2D eigenvalue weighted by molar-refractivity contribution is -0.0244. The molecule has 136 valence electrons. The Balaban J connectivity index is 1.41. The molecule has 1 aliphatic carbocycles. The molecule has 6 heteroatoms. The number of hydrogen-bond donors (Lipinski definition) is 2. The van der Waals surface area contributed by atoms with Gasteiger partial charge >= 0.3 is 0 Å². The molecule has 2 aromatic heterocycles. The standard InChI is InChI=1S/C20H25N5O/c1-2-6-20(7-3-1)10-15(13-26-20)23-19-16-11-22-12-17(16)24-18(25-19)14-4-8-21-9-5-14/h4-5,8-9,15,22H,1-3,6-7,10-13H2,(H,23,24,25)/t15-/m1/s1. The zero-order valence-corrected chi connectivity index (χ0v) is 15.0. The molecule has 0 radical (unpaired) electrons. The second kappa shape index (κ2) is 6.59. The van der Waals surface area contributed by atoms with Gasteiger partial charge in [-0.2, -0.15) is 0 Å². The van der Waals surface area contributed by atoms with E-state index in [9.17, 15) is 0 Å². The smallest absolute Gasteiger partial charge is 0.161 e. The molecule has 0 bridgehead atoms. The van der Waals surface area contributed by atoms with E-state index in [-0.39, 0.29) is 5.60 Å². The van der Waals surface area contributed by atoms with Crippen LogP contribution in [0.1, 0.15) is 49.8 Å². The lowest BCUT2D eigenvalue weighted by atomic mass is 9.82. The van der Waals surface area contributed by atoms with E-state index in [2.05, 4.69) is 15.6 Å². The number of nitrogens with one attached hydrogen (secondary N) is 2. The van der Waals surface area contributed by atoms with Gasteiger partial charge in [-0.05, 0) is 31.4 Å². The first-order valence-electron chi connectivity index (χ1n) is 9.73. The van der Waals surface area contributed by atoms with Gasteiger partial charge in [0.25, 0.3) is 0 Å². The lowest BCUT2D eigenvalue weighted by Crippen LogP contribution is -2.31. The molecule has 1 saturated carbocycles. The van der Waals surface area contributed by atoms with Crippen LogP contribution in [0.4, 0.5) is 5.82 Å². The normalized spacial score (nSPS) is 23.9. The topological polar surface area (TPSA) is 72.0 Å². The number of pyridine rings is 1. The summed E-state index contributed by atoms with van der Waals surface area (Å²) >= 11 is 0. The molecule has 0 amide bonds. The van der Waals surface area contributed by atoms with Crippen LogP contribution in [-0.2, 0) is 17.8 Å². The van der Waals surface area contributed by atoms with Crippen molar-refractivity contribution in [3.8, 4) is 11.4 Å². The molecule has 2 N–H and O–H groups in total. The Labute approximate surface area is 153 Å². The molecule has 26 heavy (non-hydrogen) atoms. The Kier molecular flexibility index (Phi) is 4.10. The van der Waals surface area contributed by atoms with E-state index in [0.717, 1.165) is 49.0 Å². The Hall–Kier alpha value is -2.05. The number of anilines is 1. The lowest BCUT2D eigenvalue weighted by Gasteiger charge is -2.32. The number of nitrogens with zero attached hydrogens (tertiary/aromatic N) is 3. The highest BCUT2D eigenvalue weighted by molar-refractivity contribution is 5.60. The first kappa shape index (κ1) is 16.1. The summed E-state index contributed by atoms with van der Waals surface area (Å²) in [6.07, 6.45) is 11.0. The zero-order valence-electron chi connectivity index (χ0n) is 15.0. The summed E-state index contributed by atoms with van der Waals surface area (Å²) in [5.41, 5.74) is 3.41. The van der Waals surface area contributed by atoms with Crippen molar-refractivity contribution >= 4 is 5.82 Å². The Morgan fingerprint density at radius 1 is 1.08 bits per heavy atom. The average Bonchev–Trinajstić information content (AvgIpc) is 3.31. The van der Waals surface area contributed by atoms with Gasteiger partial charge in [0, 0.05) is 36.6 Å². The van der Waals surface area contributed by atoms with E-state index in [1.807, 2.05) is 12.1 Å². The van der Waals surface area contributed by atoms with E-state index in [1.165, 1.54) is 37.7 Å². The Bertz CT molecular complexity index is 788. The van der Waals surface area contributed by atoms with Gasteiger partial charge < -0.3 is 15.4 Å². The van der Waals surface area contributed by atoms with E-state index in [1.54, 1.807) is 12.4 Å².